The molecule has 22 heavy (non-hydrogen) atoms. The van der Waals surface area contributed by atoms with E-state index in [1.165, 1.54) is 11.3 Å². The lowest BCUT2D eigenvalue weighted by atomic mass is 9.96. The van der Waals surface area contributed by atoms with Crippen LogP contribution in [-0.4, -0.2) is 22.7 Å². The third kappa shape index (κ3) is 3.23. The van der Waals surface area contributed by atoms with Crippen molar-refractivity contribution in [2.24, 2.45) is 5.92 Å². The van der Waals surface area contributed by atoms with E-state index in [2.05, 4.69) is 15.5 Å². The summed E-state index contributed by atoms with van der Waals surface area (Å²) < 4.78 is 5.64. The lowest BCUT2D eigenvalue weighted by Crippen LogP contribution is -2.32. The third-order valence-corrected chi connectivity index (χ3v) is 4.84. The molecule has 1 unspecified atom stereocenters. The Kier molecular flexibility index (Phi) is 4.31. The summed E-state index contributed by atoms with van der Waals surface area (Å²) in [5.74, 6) is 0.746. The fourth-order valence-electron chi connectivity index (χ4n) is 2.26. The number of nitrogens with zero attached hydrogens (tertiary/aromatic N) is 2. The molecule has 0 radical (unpaired) electrons. The number of carbonyl (C=O) groups is 1. The van der Waals surface area contributed by atoms with Crippen molar-refractivity contribution in [3.05, 3.63) is 33.8 Å². The minimum Gasteiger partial charge on any atom is -0.492 e. The molecular formula is C15H16ClN3O2S. The summed E-state index contributed by atoms with van der Waals surface area (Å²) in [6.45, 7) is 4.44. The molecule has 0 bridgehead atoms. The number of ether oxygens (including phenoxy) is 1. The monoisotopic (exact) mass is 337 g/mol. The third-order valence-electron chi connectivity index (χ3n) is 3.46. The molecule has 1 aliphatic heterocycles. The second-order valence-electron chi connectivity index (χ2n) is 5.55. The summed E-state index contributed by atoms with van der Waals surface area (Å²) in [6, 6.07) is 5.47. The fraction of sp³-hybridized carbons (Fsp3) is 0.400. The lowest BCUT2D eigenvalue weighted by Gasteiger charge is -2.24. The molecule has 1 N–H and O–H groups in total. The Balaban J connectivity index is 1.68. The van der Waals surface area contributed by atoms with Crippen molar-refractivity contribution in [3.8, 4) is 5.75 Å². The maximum Gasteiger partial charge on any atom is 0.233 e. The van der Waals surface area contributed by atoms with Crippen molar-refractivity contribution in [2.75, 3.05) is 11.9 Å². The smallest absolute Gasteiger partial charge is 0.233 e. The Morgan fingerprint density at radius 2 is 2.27 bits per heavy atom. The molecule has 1 aromatic heterocycles. The summed E-state index contributed by atoms with van der Waals surface area (Å²) in [5.41, 5.74) is 0.957. The second-order valence-corrected chi connectivity index (χ2v) is 7.00. The maximum atomic E-state index is 12.4. The Morgan fingerprint density at radius 1 is 1.45 bits per heavy atom. The number of halogens is 1. The summed E-state index contributed by atoms with van der Waals surface area (Å²) >= 11 is 7.40. The summed E-state index contributed by atoms with van der Waals surface area (Å²) in [5, 5.41) is 13.0. The van der Waals surface area contributed by atoms with E-state index < -0.39 is 0 Å². The van der Waals surface area contributed by atoms with Gasteiger partial charge in [-0.3, -0.25) is 4.79 Å². The number of amides is 1. The molecule has 1 amide bonds. The van der Waals surface area contributed by atoms with Crippen LogP contribution in [0.1, 0.15) is 30.3 Å². The van der Waals surface area contributed by atoms with E-state index in [1.54, 1.807) is 6.07 Å². The van der Waals surface area contributed by atoms with Gasteiger partial charge in [-0.15, -0.1) is 10.2 Å². The number of carbonyl (C=O) groups excluding carboxylic acids is 1. The van der Waals surface area contributed by atoms with Crippen LogP contribution in [0, 0.1) is 5.92 Å². The van der Waals surface area contributed by atoms with Gasteiger partial charge in [0.05, 0.1) is 5.92 Å². The first-order valence-corrected chi connectivity index (χ1v) is 8.28. The fourth-order valence-corrected chi connectivity index (χ4v) is 3.20. The van der Waals surface area contributed by atoms with Gasteiger partial charge < -0.3 is 10.1 Å². The van der Waals surface area contributed by atoms with Crippen molar-refractivity contribution in [3.63, 3.8) is 0 Å². The average Bonchev–Trinajstić information content (AvgIpc) is 2.95. The largest absolute Gasteiger partial charge is 0.492 e. The number of aromatic nitrogens is 2. The molecule has 1 aromatic carbocycles. The van der Waals surface area contributed by atoms with E-state index in [0.29, 0.717) is 29.1 Å². The molecule has 5 nitrogen and oxygen atoms in total. The highest BCUT2D eigenvalue weighted by molar-refractivity contribution is 7.15. The van der Waals surface area contributed by atoms with Gasteiger partial charge in [-0.05, 0) is 30.2 Å². The highest BCUT2D eigenvalue weighted by Gasteiger charge is 2.27. The van der Waals surface area contributed by atoms with Crippen LogP contribution >= 0.6 is 22.9 Å². The molecule has 0 fully saturated rings. The molecule has 116 valence electrons. The molecule has 0 aliphatic carbocycles. The zero-order chi connectivity index (χ0) is 15.7. The van der Waals surface area contributed by atoms with Gasteiger partial charge in [-0.1, -0.05) is 36.8 Å². The van der Waals surface area contributed by atoms with Gasteiger partial charge in [0.2, 0.25) is 11.0 Å². The van der Waals surface area contributed by atoms with Gasteiger partial charge in [0.25, 0.3) is 0 Å². The zero-order valence-corrected chi connectivity index (χ0v) is 13.9. The number of benzene rings is 1. The van der Waals surface area contributed by atoms with E-state index in [0.717, 1.165) is 16.3 Å². The summed E-state index contributed by atoms with van der Waals surface area (Å²) in [4.78, 5) is 12.4. The quantitative estimate of drug-likeness (QED) is 0.931. The average molecular weight is 338 g/mol. The molecule has 0 saturated heterocycles. The van der Waals surface area contributed by atoms with Crippen LogP contribution < -0.4 is 10.1 Å². The topological polar surface area (TPSA) is 64.1 Å². The van der Waals surface area contributed by atoms with Gasteiger partial charge in [-0.2, -0.15) is 0 Å². The van der Waals surface area contributed by atoms with Crippen LogP contribution in [0.25, 0.3) is 0 Å². The molecule has 2 aromatic rings. The van der Waals surface area contributed by atoms with Gasteiger partial charge >= 0.3 is 0 Å². The van der Waals surface area contributed by atoms with E-state index in [-0.39, 0.29) is 11.8 Å². The summed E-state index contributed by atoms with van der Waals surface area (Å²) in [6.07, 6.45) is 0.609. The van der Waals surface area contributed by atoms with Crippen LogP contribution in [0.3, 0.4) is 0 Å². The van der Waals surface area contributed by atoms with Crippen LogP contribution in [-0.2, 0) is 11.2 Å². The Hall–Kier alpha value is -1.66. The molecule has 2 heterocycles. The minimum absolute atomic E-state index is 0.0999. The van der Waals surface area contributed by atoms with E-state index >= 15 is 0 Å². The van der Waals surface area contributed by atoms with Crippen LogP contribution in [0.5, 0.6) is 5.75 Å². The first-order chi connectivity index (χ1) is 10.5. The van der Waals surface area contributed by atoms with Crippen molar-refractivity contribution in [1.29, 1.82) is 0 Å². The van der Waals surface area contributed by atoms with E-state index in [1.807, 2.05) is 26.0 Å². The summed E-state index contributed by atoms with van der Waals surface area (Å²) in [7, 11) is 0. The minimum atomic E-state index is -0.252. The molecule has 1 aliphatic rings. The normalized spacial score (nSPS) is 17.0. The SMILES string of the molecule is CC(C)c1nnc(NC(=O)C2COc3ccc(Cl)cc3C2)s1. The van der Waals surface area contributed by atoms with Crippen LogP contribution in [0.4, 0.5) is 5.13 Å². The first kappa shape index (κ1) is 15.2. The zero-order valence-electron chi connectivity index (χ0n) is 12.3. The first-order valence-electron chi connectivity index (χ1n) is 7.08. The van der Waals surface area contributed by atoms with Crippen LogP contribution in [0.2, 0.25) is 5.02 Å². The second kappa shape index (κ2) is 6.22. The Bertz CT molecular complexity index is 702. The van der Waals surface area contributed by atoms with Gasteiger partial charge in [-0.25, -0.2) is 0 Å². The highest BCUT2D eigenvalue weighted by atomic mass is 35.5. The highest BCUT2D eigenvalue weighted by Crippen LogP contribution is 2.30. The van der Waals surface area contributed by atoms with Gasteiger partial charge in [0.1, 0.15) is 17.4 Å². The molecule has 3 rings (SSSR count). The number of fused-ring (bicyclic) bond motifs is 1. The van der Waals surface area contributed by atoms with Gasteiger partial charge in [0, 0.05) is 10.9 Å². The number of nitrogens with one attached hydrogen (secondary N) is 1. The number of anilines is 1. The Morgan fingerprint density at radius 3 is 3.00 bits per heavy atom. The number of rotatable bonds is 3. The Labute approximate surface area is 137 Å². The predicted molar refractivity (Wildman–Crippen MR) is 86.8 cm³/mol. The number of hydrogen-bond donors (Lipinski definition) is 1. The lowest BCUT2D eigenvalue weighted by molar-refractivity contribution is -0.121. The maximum absolute atomic E-state index is 12.4. The molecular weight excluding hydrogens is 322 g/mol. The number of hydrogen-bond acceptors (Lipinski definition) is 5. The molecule has 7 heteroatoms. The van der Waals surface area contributed by atoms with Crippen LogP contribution in [0.15, 0.2) is 18.2 Å². The molecule has 1 atom stereocenters. The predicted octanol–water partition coefficient (Wildman–Crippen LogP) is 3.50. The van der Waals surface area contributed by atoms with Gasteiger partial charge in [0.15, 0.2) is 0 Å². The molecule has 0 saturated carbocycles. The van der Waals surface area contributed by atoms with E-state index in [9.17, 15) is 4.79 Å². The standard InChI is InChI=1S/C15H16ClN3O2S/c1-8(2)14-18-19-15(22-14)17-13(20)10-5-9-6-11(16)3-4-12(9)21-7-10/h3-4,6,8,10H,5,7H2,1-2H3,(H,17,19,20). The van der Waals surface area contributed by atoms with Crippen molar-refractivity contribution in [1.82, 2.24) is 10.2 Å². The van der Waals surface area contributed by atoms with Crippen molar-refractivity contribution in [2.45, 2.75) is 26.2 Å². The van der Waals surface area contributed by atoms with Crippen molar-refractivity contribution < 1.29 is 9.53 Å². The van der Waals surface area contributed by atoms with E-state index in [4.69, 9.17) is 16.3 Å². The van der Waals surface area contributed by atoms with Crippen molar-refractivity contribution >= 4 is 34.0 Å². The molecule has 0 spiro atoms.